The molecule has 2 N–H and O–H groups in total. The maximum Gasteiger partial charge on any atom is 0.0584 e. The molecule has 3 atom stereocenters. The van der Waals surface area contributed by atoms with Crippen molar-refractivity contribution in [1.29, 1.82) is 0 Å². The number of aliphatic hydroxyl groups excluding tert-OH is 1. The van der Waals surface area contributed by atoms with Crippen LogP contribution in [0.1, 0.15) is 33.6 Å². The normalized spacial score (nSPS) is 25.8. The lowest BCUT2D eigenvalue weighted by Gasteiger charge is -2.26. The molecule has 0 amide bonds. The largest absolute Gasteiger partial charge is 0.395 e. The molecular formula is C12H25NO2. The van der Waals surface area contributed by atoms with Crippen molar-refractivity contribution in [2.24, 2.45) is 11.8 Å². The van der Waals surface area contributed by atoms with E-state index in [4.69, 9.17) is 4.74 Å². The van der Waals surface area contributed by atoms with Crippen LogP contribution in [0.2, 0.25) is 0 Å². The number of hydrogen-bond acceptors (Lipinski definition) is 3. The zero-order valence-electron chi connectivity index (χ0n) is 10.2. The van der Waals surface area contributed by atoms with Gasteiger partial charge in [0.15, 0.2) is 0 Å². The van der Waals surface area contributed by atoms with Crippen molar-refractivity contribution in [3.8, 4) is 0 Å². The van der Waals surface area contributed by atoms with Gasteiger partial charge in [0.1, 0.15) is 0 Å². The third-order valence-corrected chi connectivity index (χ3v) is 3.15. The molecule has 1 aliphatic rings. The van der Waals surface area contributed by atoms with Crippen LogP contribution in [-0.4, -0.2) is 37.0 Å². The van der Waals surface area contributed by atoms with E-state index in [0.29, 0.717) is 17.9 Å². The van der Waals surface area contributed by atoms with Crippen LogP contribution < -0.4 is 5.32 Å². The summed E-state index contributed by atoms with van der Waals surface area (Å²) < 4.78 is 5.37. The Kier molecular flexibility index (Phi) is 5.58. The number of nitrogens with one attached hydrogen (secondary N) is 1. The predicted molar refractivity (Wildman–Crippen MR) is 61.9 cm³/mol. The molecule has 0 bridgehead atoms. The topological polar surface area (TPSA) is 41.5 Å². The molecule has 15 heavy (non-hydrogen) atoms. The second kappa shape index (κ2) is 6.46. The Morgan fingerprint density at radius 1 is 1.40 bits per heavy atom. The molecule has 1 heterocycles. The SMILES string of the molecule is CC(C)CC(CO)NC(C)C1CCOC1. The van der Waals surface area contributed by atoms with E-state index in [1.807, 2.05) is 0 Å². The van der Waals surface area contributed by atoms with Gasteiger partial charge in [0.05, 0.1) is 13.2 Å². The fraction of sp³-hybridized carbons (Fsp3) is 1.00. The highest BCUT2D eigenvalue weighted by Crippen LogP contribution is 2.17. The predicted octanol–water partition coefficient (Wildman–Crippen LogP) is 1.41. The first kappa shape index (κ1) is 12.9. The van der Waals surface area contributed by atoms with Crippen LogP contribution in [0.3, 0.4) is 0 Å². The summed E-state index contributed by atoms with van der Waals surface area (Å²) in [5.74, 6) is 1.24. The van der Waals surface area contributed by atoms with E-state index in [-0.39, 0.29) is 12.6 Å². The summed E-state index contributed by atoms with van der Waals surface area (Å²) in [5, 5.41) is 12.8. The van der Waals surface area contributed by atoms with Gasteiger partial charge in [0.25, 0.3) is 0 Å². The third-order valence-electron chi connectivity index (χ3n) is 3.15. The average Bonchev–Trinajstić information content (AvgIpc) is 2.68. The molecule has 0 aliphatic carbocycles. The van der Waals surface area contributed by atoms with E-state index in [1.54, 1.807) is 0 Å². The van der Waals surface area contributed by atoms with Crippen LogP contribution in [0.25, 0.3) is 0 Å². The van der Waals surface area contributed by atoms with Gasteiger partial charge in [-0.3, -0.25) is 0 Å². The average molecular weight is 215 g/mol. The van der Waals surface area contributed by atoms with Gasteiger partial charge in [0.2, 0.25) is 0 Å². The molecule has 1 aliphatic heterocycles. The van der Waals surface area contributed by atoms with E-state index < -0.39 is 0 Å². The van der Waals surface area contributed by atoms with Gasteiger partial charge in [-0.2, -0.15) is 0 Å². The molecule has 0 radical (unpaired) electrons. The zero-order chi connectivity index (χ0) is 11.3. The van der Waals surface area contributed by atoms with Crippen molar-refractivity contribution in [3.05, 3.63) is 0 Å². The fourth-order valence-corrected chi connectivity index (χ4v) is 2.22. The standard InChI is InChI=1S/C12H25NO2/c1-9(2)6-12(7-14)13-10(3)11-4-5-15-8-11/h9-14H,4-8H2,1-3H3. The van der Waals surface area contributed by atoms with E-state index in [0.717, 1.165) is 26.1 Å². The van der Waals surface area contributed by atoms with Crippen molar-refractivity contribution in [2.45, 2.75) is 45.7 Å². The number of hydrogen-bond donors (Lipinski definition) is 2. The van der Waals surface area contributed by atoms with Crippen LogP contribution in [0.4, 0.5) is 0 Å². The summed E-state index contributed by atoms with van der Waals surface area (Å²) in [5.41, 5.74) is 0. The van der Waals surface area contributed by atoms with Gasteiger partial charge in [-0.05, 0) is 31.6 Å². The van der Waals surface area contributed by atoms with E-state index in [9.17, 15) is 5.11 Å². The summed E-state index contributed by atoms with van der Waals surface area (Å²) >= 11 is 0. The van der Waals surface area contributed by atoms with Gasteiger partial charge < -0.3 is 15.2 Å². The Bertz CT molecular complexity index is 167. The van der Waals surface area contributed by atoms with Gasteiger partial charge >= 0.3 is 0 Å². The highest BCUT2D eigenvalue weighted by atomic mass is 16.5. The first-order valence-corrected chi connectivity index (χ1v) is 6.08. The quantitative estimate of drug-likeness (QED) is 0.704. The Morgan fingerprint density at radius 2 is 2.13 bits per heavy atom. The Labute approximate surface area is 93.2 Å². The lowest BCUT2D eigenvalue weighted by molar-refractivity contribution is 0.166. The Balaban J connectivity index is 2.29. The second-order valence-electron chi connectivity index (χ2n) is 5.09. The molecule has 1 rings (SSSR count). The van der Waals surface area contributed by atoms with Crippen molar-refractivity contribution in [1.82, 2.24) is 5.32 Å². The van der Waals surface area contributed by atoms with Gasteiger partial charge in [-0.1, -0.05) is 13.8 Å². The van der Waals surface area contributed by atoms with Crippen LogP contribution in [0, 0.1) is 11.8 Å². The third kappa shape index (κ3) is 4.49. The summed E-state index contributed by atoms with van der Waals surface area (Å²) in [6, 6.07) is 0.684. The van der Waals surface area contributed by atoms with Gasteiger partial charge in [-0.25, -0.2) is 0 Å². The summed E-state index contributed by atoms with van der Waals surface area (Å²) in [6.07, 6.45) is 2.18. The Hall–Kier alpha value is -0.120. The fourth-order valence-electron chi connectivity index (χ4n) is 2.22. The minimum Gasteiger partial charge on any atom is -0.395 e. The molecule has 1 saturated heterocycles. The van der Waals surface area contributed by atoms with Crippen molar-refractivity contribution in [3.63, 3.8) is 0 Å². The van der Waals surface area contributed by atoms with Crippen molar-refractivity contribution < 1.29 is 9.84 Å². The minimum absolute atomic E-state index is 0.232. The highest BCUT2D eigenvalue weighted by Gasteiger charge is 2.24. The molecule has 0 aromatic heterocycles. The molecule has 3 unspecified atom stereocenters. The van der Waals surface area contributed by atoms with E-state index >= 15 is 0 Å². The first-order valence-electron chi connectivity index (χ1n) is 6.08. The summed E-state index contributed by atoms with van der Waals surface area (Å²) in [6.45, 7) is 8.57. The summed E-state index contributed by atoms with van der Waals surface area (Å²) in [4.78, 5) is 0. The lowest BCUT2D eigenvalue weighted by atomic mass is 9.97. The van der Waals surface area contributed by atoms with Crippen LogP contribution in [-0.2, 0) is 4.74 Å². The van der Waals surface area contributed by atoms with Crippen molar-refractivity contribution >= 4 is 0 Å². The monoisotopic (exact) mass is 215 g/mol. The summed E-state index contributed by atoms with van der Waals surface area (Å²) in [7, 11) is 0. The maximum absolute atomic E-state index is 9.27. The lowest BCUT2D eigenvalue weighted by Crippen LogP contribution is -2.43. The number of rotatable bonds is 6. The maximum atomic E-state index is 9.27. The number of aliphatic hydroxyl groups is 1. The smallest absolute Gasteiger partial charge is 0.0584 e. The minimum atomic E-state index is 0.232. The molecule has 90 valence electrons. The number of ether oxygens (including phenoxy) is 1. The van der Waals surface area contributed by atoms with E-state index in [1.165, 1.54) is 0 Å². The molecule has 0 spiro atoms. The molecule has 0 saturated carbocycles. The van der Waals surface area contributed by atoms with Crippen LogP contribution >= 0.6 is 0 Å². The van der Waals surface area contributed by atoms with Crippen molar-refractivity contribution in [2.75, 3.05) is 19.8 Å². The van der Waals surface area contributed by atoms with Crippen LogP contribution in [0.15, 0.2) is 0 Å². The molecular weight excluding hydrogens is 190 g/mol. The molecule has 3 nitrogen and oxygen atoms in total. The van der Waals surface area contributed by atoms with Crippen LogP contribution in [0.5, 0.6) is 0 Å². The van der Waals surface area contributed by atoms with Gasteiger partial charge in [-0.15, -0.1) is 0 Å². The second-order valence-corrected chi connectivity index (χ2v) is 5.09. The molecule has 3 heteroatoms. The van der Waals surface area contributed by atoms with Gasteiger partial charge in [0, 0.05) is 18.7 Å². The zero-order valence-corrected chi connectivity index (χ0v) is 10.2. The molecule has 1 fully saturated rings. The Morgan fingerprint density at radius 3 is 2.60 bits per heavy atom. The highest BCUT2D eigenvalue weighted by molar-refractivity contribution is 4.79. The molecule has 0 aromatic rings. The van der Waals surface area contributed by atoms with E-state index in [2.05, 4.69) is 26.1 Å². The first-order chi connectivity index (χ1) is 7.13. The molecule has 0 aromatic carbocycles.